The van der Waals surface area contributed by atoms with Crippen molar-refractivity contribution >= 4 is 34.3 Å². The van der Waals surface area contributed by atoms with Gasteiger partial charge in [-0.1, -0.05) is 23.7 Å². The minimum Gasteiger partial charge on any atom is -0.404 e. The van der Waals surface area contributed by atoms with Gasteiger partial charge in [0.1, 0.15) is 12.3 Å². The number of halogens is 4. The molecule has 0 saturated carbocycles. The molecule has 2 heterocycles. The Bertz CT molecular complexity index is 1420. The Hall–Kier alpha value is -3.60. The van der Waals surface area contributed by atoms with Crippen LogP contribution in [0.3, 0.4) is 0 Å². The number of hydrogen-bond donors (Lipinski definition) is 0. The van der Waals surface area contributed by atoms with E-state index in [0.29, 0.717) is 29.6 Å². The van der Waals surface area contributed by atoms with Crippen LogP contribution in [0.15, 0.2) is 47.5 Å². The fourth-order valence-electron chi connectivity index (χ4n) is 4.55. The summed E-state index contributed by atoms with van der Waals surface area (Å²) in [5.41, 5.74) is 1.50. The van der Waals surface area contributed by atoms with Crippen LogP contribution in [-0.2, 0) is 22.7 Å². The molecular formula is C26H26ClF3N4O4. The van der Waals surface area contributed by atoms with E-state index in [2.05, 4.69) is 9.72 Å². The van der Waals surface area contributed by atoms with Gasteiger partial charge in [-0.3, -0.25) is 19.0 Å². The number of carbonyl (C=O) groups excluding carboxylic acids is 2. The highest BCUT2D eigenvalue weighted by atomic mass is 35.5. The van der Waals surface area contributed by atoms with E-state index in [0.717, 1.165) is 24.5 Å². The summed E-state index contributed by atoms with van der Waals surface area (Å²) >= 11 is 5.79. The van der Waals surface area contributed by atoms with Gasteiger partial charge in [0.05, 0.1) is 22.3 Å². The first-order valence-corrected chi connectivity index (χ1v) is 12.3. The maximum Gasteiger partial charge on any atom is 0.573 e. The maximum atomic E-state index is 13.2. The highest BCUT2D eigenvalue weighted by Gasteiger charge is 2.32. The third-order valence-electron chi connectivity index (χ3n) is 6.63. The first-order valence-electron chi connectivity index (χ1n) is 11.9. The number of aromatic nitrogens is 2. The molecule has 4 rings (SSSR count). The third kappa shape index (κ3) is 6.45. The number of ether oxygens (including phenoxy) is 1. The number of hydrogen-bond acceptors (Lipinski definition) is 5. The van der Waals surface area contributed by atoms with Gasteiger partial charge in [0.25, 0.3) is 5.56 Å². The van der Waals surface area contributed by atoms with Gasteiger partial charge in [0.15, 0.2) is 0 Å². The van der Waals surface area contributed by atoms with Crippen LogP contribution in [0.1, 0.15) is 36.8 Å². The summed E-state index contributed by atoms with van der Waals surface area (Å²) < 4.78 is 43.0. The van der Waals surface area contributed by atoms with E-state index in [1.807, 2.05) is 11.0 Å². The molecular weight excluding hydrogens is 525 g/mol. The van der Waals surface area contributed by atoms with Gasteiger partial charge in [-0.2, -0.15) is 0 Å². The smallest absolute Gasteiger partial charge is 0.404 e. The first-order chi connectivity index (χ1) is 17.9. The number of rotatable bonds is 6. The van der Waals surface area contributed by atoms with E-state index in [9.17, 15) is 27.6 Å². The van der Waals surface area contributed by atoms with Gasteiger partial charge in [0.2, 0.25) is 11.8 Å². The Morgan fingerprint density at radius 2 is 1.87 bits per heavy atom. The first kappa shape index (κ1) is 27.4. The zero-order valence-corrected chi connectivity index (χ0v) is 21.6. The van der Waals surface area contributed by atoms with Crippen LogP contribution in [0.4, 0.5) is 13.2 Å². The van der Waals surface area contributed by atoms with E-state index >= 15 is 0 Å². The van der Waals surface area contributed by atoms with Crippen LogP contribution in [0.25, 0.3) is 10.9 Å². The van der Waals surface area contributed by atoms with Crippen molar-refractivity contribution in [2.24, 2.45) is 0 Å². The minimum atomic E-state index is -4.90. The number of piperidine rings is 1. The van der Waals surface area contributed by atoms with Gasteiger partial charge in [-0.05, 0) is 54.2 Å². The topological polar surface area (TPSA) is 84.7 Å². The largest absolute Gasteiger partial charge is 0.573 e. The summed E-state index contributed by atoms with van der Waals surface area (Å²) in [6, 6.07) is 9.39. The number of nitrogens with zero attached hydrogens (tertiary/aromatic N) is 4. The van der Waals surface area contributed by atoms with Crippen molar-refractivity contribution in [2.75, 3.05) is 20.1 Å². The Morgan fingerprint density at radius 3 is 2.53 bits per heavy atom. The molecule has 2 amide bonds. The molecule has 202 valence electrons. The van der Waals surface area contributed by atoms with Crippen molar-refractivity contribution in [3.8, 4) is 5.75 Å². The fourth-order valence-corrected chi connectivity index (χ4v) is 4.70. The number of likely N-dealkylation sites (tertiary alicyclic amines) is 1. The highest BCUT2D eigenvalue weighted by molar-refractivity contribution is 6.32. The average molecular weight is 551 g/mol. The predicted molar refractivity (Wildman–Crippen MR) is 135 cm³/mol. The number of carbonyl (C=O) groups is 2. The Morgan fingerprint density at radius 1 is 1.16 bits per heavy atom. The molecule has 0 spiro atoms. The lowest BCUT2D eigenvalue weighted by atomic mass is 9.89. The highest BCUT2D eigenvalue weighted by Crippen LogP contribution is 2.31. The standard InChI is InChI=1S/C26H26ClF3N4O4/c1-16(35)33-9-7-18(8-10-33)19-4-6-22-20(12-19)25(37)34(15-31-22)14-24(36)32(2)13-17-3-5-21(27)23(11-17)38-26(28,29)30/h3-6,11-12,15,18H,7-10,13-14H2,1-2H3. The molecule has 0 bridgehead atoms. The summed E-state index contributed by atoms with van der Waals surface area (Å²) in [6.45, 7) is 2.56. The number of fused-ring (bicyclic) bond motifs is 1. The van der Waals surface area contributed by atoms with Gasteiger partial charge < -0.3 is 14.5 Å². The number of alkyl halides is 3. The number of benzene rings is 2. The quantitative estimate of drug-likeness (QED) is 0.456. The van der Waals surface area contributed by atoms with Crippen LogP contribution in [0, 0.1) is 0 Å². The molecule has 38 heavy (non-hydrogen) atoms. The van der Waals surface area contributed by atoms with Crippen LogP contribution < -0.4 is 10.3 Å². The Labute approximate surface area is 221 Å². The number of amides is 2. The lowest BCUT2D eigenvalue weighted by Crippen LogP contribution is -2.36. The van der Waals surface area contributed by atoms with Gasteiger partial charge in [-0.15, -0.1) is 13.2 Å². The van der Waals surface area contributed by atoms with Crippen LogP contribution in [-0.4, -0.2) is 57.7 Å². The summed E-state index contributed by atoms with van der Waals surface area (Å²) in [5, 5.41) is 0.179. The van der Waals surface area contributed by atoms with Crippen LogP contribution in [0.5, 0.6) is 5.75 Å². The molecule has 1 aliphatic rings. The molecule has 0 N–H and O–H groups in total. The molecule has 0 unspecified atom stereocenters. The molecule has 12 heteroatoms. The normalized spacial score (nSPS) is 14.5. The summed E-state index contributed by atoms with van der Waals surface area (Å²) in [5.74, 6) is -0.735. The predicted octanol–water partition coefficient (Wildman–Crippen LogP) is 4.33. The molecule has 2 aromatic carbocycles. The number of likely N-dealkylation sites (N-methyl/N-ethyl adjacent to an activating group) is 1. The van der Waals surface area contributed by atoms with Crippen molar-refractivity contribution < 1.29 is 27.5 Å². The molecule has 8 nitrogen and oxygen atoms in total. The van der Waals surface area contributed by atoms with Gasteiger partial charge in [0, 0.05) is 33.6 Å². The van der Waals surface area contributed by atoms with E-state index in [4.69, 9.17) is 11.6 Å². The Kier molecular flexibility index (Phi) is 7.96. The van der Waals surface area contributed by atoms with E-state index < -0.39 is 18.0 Å². The fraction of sp³-hybridized carbons (Fsp3) is 0.385. The van der Waals surface area contributed by atoms with Crippen molar-refractivity contribution in [3.05, 3.63) is 69.2 Å². The summed E-state index contributed by atoms with van der Waals surface area (Å²) in [7, 11) is 1.48. The Balaban J connectivity index is 1.47. The lowest BCUT2D eigenvalue weighted by Gasteiger charge is -2.31. The minimum absolute atomic E-state index is 0.0247. The SMILES string of the molecule is CC(=O)N1CCC(c2ccc3ncn(CC(=O)N(C)Cc4ccc(Cl)c(OC(F)(F)F)c4)c(=O)c3c2)CC1. The van der Waals surface area contributed by atoms with Crippen LogP contribution in [0.2, 0.25) is 5.02 Å². The van der Waals surface area contributed by atoms with Crippen molar-refractivity contribution in [1.29, 1.82) is 0 Å². The molecule has 0 radical (unpaired) electrons. The zero-order chi connectivity index (χ0) is 27.6. The maximum absolute atomic E-state index is 13.2. The second-order valence-electron chi connectivity index (χ2n) is 9.30. The van der Waals surface area contributed by atoms with E-state index in [1.165, 1.54) is 35.0 Å². The second kappa shape index (κ2) is 11.0. The van der Waals surface area contributed by atoms with E-state index in [1.54, 1.807) is 19.1 Å². The average Bonchev–Trinajstić information content (AvgIpc) is 2.86. The van der Waals surface area contributed by atoms with Gasteiger partial charge in [-0.25, -0.2) is 4.98 Å². The molecule has 1 fully saturated rings. The lowest BCUT2D eigenvalue weighted by molar-refractivity contribution is -0.274. The summed E-state index contributed by atoms with van der Waals surface area (Å²) in [4.78, 5) is 45.1. The van der Waals surface area contributed by atoms with Crippen molar-refractivity contribution in [1.82, 2.24) is 19.4 Å². The molecule has 1 saturated heterocycles. The van der Waals surface area contributed by atoms with Gasteiger partial charge >= 0.3 is 6.36 Å². The van der Waals surface area contributed by atoms with Crippen molar-refractivity contribution in [3.63, 3.8) is 0 Å². The zero-order valence-electron chi connectivity index (χ0n) is 20.8. The van der Waals surface area contributed by atoms with Crippen LogP contribution >= 0.6 is 11.6 Å². The summed E-state index contributed by atoms with van der Waals surface area (Å²) in [6.07, 6.45) is -2.01. The molecule has 0 atom stereocenters. The third-order valence-corrected chi connectivity index (χ3v) is 6.94. The molecule has 1 aromatic heterocycles. The van der Waals surface area contributed by atoms with Crippen molar-refractivity contribution in [2.45, 2.75) is 45.1 Å². The molecule has 0 aliphatic carbocycles. The monoisotopic (exact) mass is 550 g/mol. The van der Waals surface area contributed by atoms with E-state index in [-0.39, 0.29) is 35.5 Å². The molecule has 1 aliphatic heterocycles. The molecule has 3 aromatic rings. The second-order valence-corrected chi connectivity index (χ2v) is 9.70.